The van der Waals surface area contributed by atoms with Crippen molar-refractivity contribution in [2.75, 3.05) is 5.73 Å². The zero-order chi connectivity index (χ0) is 12.3. The molecule has 0 aliphatic rings. The molecule has 0 aliphatic carbocycles. The zero-order valence-electron chi connectivity index (χ0n) is 10.3. The van der Waals surface area contributed by atoms with Gasteiger partial charge < -0.3 is 5.73 Å². The molecule has 0 unspecified atom stereocenters. The number of nitrogen functional groups attached to an aromatic ring is 1. The molecule has 1 heterocycles. The fourth-order valence-corrected chi connectivity index (χ4v) is 1.99. The van der Waals surface area contributed by atoms with E-state index in [9.17, 15) is 0 Å². The van der Waals surface area contributed by atoms with Crippen LogP contribution in [0.25, 0.3) is 11.3 Å². The Morgan fingerprint density at radius 3 is 2.65 bits per heavy atom. The van der Waals surface area contributed by atoms with E-state index >= 15 is 0 Å². The summed E-state index contributed by atoms with van der Waals surface area (Å²) in [4.78, 5) is 8.48. The van der Waals surface area contributed by atoms with Gasteiger partial charge in [0, 0.05) is 11.1 Å². The van der Waals surface area contributed by atoms with Gasteiger partial charge in [-0.25, -0.2) is 9.97 Å². The molecule has 1 aromatic heterocycles. The molecule has 0 atom stereocenters. The molecular weight excluding hydrogens is 210 g/mol. The lowest BCUT2D eigenvalue weighted by molar-refractivity contribution is 0.908. The third-order valence-electron chi connectivity index (χ3n) is 2.88. The van der Waals surface area contributed by atoms with Crippen molar-refractivity contribution in [3.63, 3.8) is 0 Å². The molecule has 0 amide bonds. The van der Waals surface area contributed by atoms with Crippen molar-refractivity contribution >= 4 is 5.82 Å². The Morgan fingerprint density at radius 2 is 1.94 bits per heavy atom. The Morgan fingerprint density at radius 1 is 1.18 bits per heavy atom. The van der Waals surface area contributed by atoms with Crippen molar-refractivity contribution in [2.24, 2.45) is 0 Å². The van der Waals surface area contributed by atoms with Crippen LogP contribution in [-0.2, 0) is 6.42 Å². The third kappa shape index (κ3) is 2.28. The van der Waals surface area contributed by atoms with Crippen LogP contribution in [0.3, 0.4) is 0 Å². The molecule has 0 radical (unpaired) electrons. The fraction of sp³-hybridized carbons (Fsp3) is 0.286. The fourth-order valence-electron chi connectivity index (χ4n) is 1.99. The van der Waals surface area contributed by atoms with E-state index in [-0.39, 0.29) is 0 Å². The first kappa shape index (κ1) is 11.6. The summed E-state index contributed by atoms with van der Waals surface area (Å²) in [5.41, 5.74) is 10.3. The Balaban J connectivity index is 2.59. The van der Waals surface area contributed by atoms with Gasteiger partial charge >= 0.3 is 0 Å². The number of aryl methyl sites for hydroxylation is 1. The van der Waals surface area contributed by atoms with Gasteiger partial charge in [-0.15, -0.1) is 0 Å². The van der Waals surface area contributed by atoms with Crippen LogP contribution >= 0.6 is 0 Å². The van der Waals surface area contributed by atoms with Gasteiger partial charge in [0.15, 0.2) is 0 Å². The van der Waals surface area contributed by atoms with Crippen LogP contribution in [-0.4, -0.2) is 9.97 Å². The summed E-state index contributed by atoms with van der Waals surface area (Å²) in [5, 5.41) is 0. The molecule has 2 aromatic rings. The molecule has 0 bridgehead atoms. The lowest BCUT2D eigenvalue weighted by atomic mass is 9.99. The van der Waals surface area contributed by atoms with Gasteiger partial charge in [-0.1, -0.05) is 37.6 Å². The maximum absolute atomic E-state index is 5.94. The minimum absolute atomic E-state index is 0.597. The molecular formula is C14H17N3. The van der Waals surface area contributed by atoms with E-state index in [1.807, 2.05) is 12.1 Å². The second-order valence-electron chi connectivity index (χ2n) is 4.15. The summed E-state index contributed by atoms with van der Waals surface area (Å²) in [6.45, 7) is 4.22. The molecule has 3 nitrogen and oxygen atoms in total. The van der Waals surface area contributed by atoms with Crippen LogP contribution in [0.15, 0.2) is 30.6 Å². The first-order valence-corrected chi connectivity index (χ1v) is 5.89. The summed E-state index contributed by atoms with van der Waals surface area (Å²) in [5.74, 6) is 0.597. The van der Waals surface area contributed by atoms with Gasteiger partial charge in [-0.2, -0.15) is 0 Å². The summed E-state index contributed by atoms with van der Waals surface area (Å²) >= 11 is 0. The van der Waals surface area contributed by atoms with Crippen molar-refractivity contribution in [3.05, 3.63) is 41.7 Å². The van der Waals surface area contributed by atoms with Gasteiger partial charge in [-0.3, -0.25) is 0 Å². The number of nitrogens with two attached hydrogens (primary N) is 1. The standard InChI is InChI=1S/C14H17N3/c1-3-6-12-13(16-9-17-14(12)15)11-8-5-4-7-10(11)2/h4-5,7-9H,3,6H2,1-2H3,(H2,15,16,17). The van der Waals surface area contributed by atoms with E-state index in [4.69, 9.17) is 5.73 Å². The minimum Gasteiger partial charge on any atom is -0.383 e. The second kappa shape index (κ2) is 4.95. The van der Waals surface area contributed by atoms with E-state index in [0.29, 0.717) is 5.82 Å². The van der Waals surface area contributed by atoms with Crippen molar-refractivity contribution < 1.29 is 0 Å². The molecule has 1 aromatic carbocycles. The highest BCUT2D eigenvalue weighted by atomic mass is 14.9. The van der Waals surface area contributed by atoms with Gasteiger partial charge in [0.1, 0.15) is 12.1 Å². The Labute approximate surface area is 102 Å². The maximum Gasteiger partial charge on any atom is 0.130 e. The number of benzene rings is 1. The van der Waals surface area contributed by atoms with E-state index in [1.165, 1.54) is 11.9 Å². The summed E-state index contributed by atoms with van der Waals surface area (Å²) in [6.07, 6.45) is 3.49. The smallest absolute Gasteiger partial charge is 0.130 e. The molecule has 2 N–H and O–H groups in total. The molecule has 0 saturated heterocycles. The second-order valence-corrected chi connectivity index (χ2v) is 4.15. The number of hydrogen-bond donors (Lipinski definition) is 1. The molecule has 88 valence electrons. The lowest BCUT2D eigenvalue weighted by Crippen LogP contribution is -2.03. The van der Waals surface area contributed by atoms with E-state index in [2.05, 4.69) is 35.9 Å². The summed E-state index contributed by atoms with van der Waals surface area (Å²) in [7, 11) is 0. The van der Waals surface area contributed by atoms with Crippen LogP contribution < -0.4 is 5.73 Å². The topological polar surface area (TPSA) is 51.8 Å². The highest BCUT2D eigenvalue weighted by Gasteiger charge is 2.11. The largest absolute Gasteiger partial charge is 0.383 e. The van der Waals surface area contributed by atoms with Crippen LogP contribution in [0.2, 0.25) is 0 Å². The maximum atomic E-state index is 5.94. The highest BCUT2D eigenvalue weighted by Crippen LogP contribution is 2.27. The molecule has 0 aliphatic heterocycles. The predicted molar refractivity (Wildman–Crippen MR) is 70.6 cm³/mol. The van der Waals surface area contributed by atoms with Crippen LogP contribution in [0, 0.1) is 6.92 Å². The van der Waals surface area contributed by atoms with Crippen LogP contribution in [0.1, 0.15) is 24.5 Å². The number of aromatic nitrogens is 2. The van der Waals surface area contributed by atoms with Crippen molar-refractivity contribution in [1.29, 1.82) is 0 Å². The van der Waals surface area contributed by atoms with Gasteiger partial charge in [0.05, 0.1) is 5.69 Å². The van der Waals surface area contributed by atoms with Crippen LogP contribution in [0.4, 0.5) is 5.82 Å². The van der Waals surface area contributed by atoms with Gasteiger partial charge in [-0.05, 0) is 18.9 Å². The predicted octanol–water partition coefficient (Wildman–Crippen LogP) is 2.99. The minimum atomic E-state index is 0.597. The average Bonchev–Trinajstić information content (AvgIpc) is 2.33. The third-order valence-corrected chi connectivity index (χ3v) is 2.88. The molecule has 3 heteroatoms. The van der Waals surface area contributed by atoms with E-state index < -0.39 is 0 Å². The number of rotatable bonds is 3. The Hall–Kier alpha value is -1.90. The number of nitrogens with zero attached hydrogens (tertiary/aromatic N) is 2. The highest BCUT2D eigenvalue weighted by molar-refractivity contribution is 5.70. The molecule has 17 heavy (non-hydrogen) atoms. The SMILES string of the molecule is CCCc1c(N)ncnc1-c1ccccc1C. The molecule has 2 rings (SSSR count). The Bertz CT molecular complexity index is 521. The van der Waals surface area contributed by atoms with E-state index in [0.717, 1.165) is 29.7 Å². The monoisotopic (exact) mass is 227 g/mol. The van der Waals surface area contributed by atoms with E-state index in [1.54, 1.807) is 0 Å². The van der Waals surface area contributed by atoms with Crippen molar-refractivity contribution in [3.8, 4) is 11.3 Å². The summed E-state index contributed by atoms with van der Waals surface area (Å²) in [6, 6.07) is 8.22. The zero-order valence-corrected chi connectivity index (χ0v) is 10.3. The number of anilines is 1. The van der Waals surface area contributed by atoms with Crippen LogP contribution in [0.5, 0.6) is 0 Å². The first-order chi connectivity index (χ1) is 8.24. The summed E-state index contributed by atoms with van der Waals surface area (Å²) < 4.78 is 0. The molecule has 0 spiro atoms. The quantitative estimate of drug-likeness (QED) is 0.877. The Kier molecular flexibility index (Phi) is 3.38. The molecule has 0 fully saturated rings. The lowest BCUT2D eigenvalue weighted by Gasteiger charge is -2.11. The first-order valence-electron chi connectivity index (χ1n) is 5.89. The average molecular weight is 227 g/mol. The molecule has 0 saturated carbocycles. The van der Waals surface area contributed by atoms with Crippen molar-refractivity contribution in [2.45, 2.75) is 26.7 Å². The van der Waals surface area contributed by atoms with Gasteiger partial charge in [0.2, 0.25) is 0 Å². The normalized spacial score (nSPS) is 10.5. The van der Waals surface area contributed by atoms with Gasteiger partial charge in [0.25, 0.3) is 0 Å². The number of hydrogen-bond acceptors (Lipinski definition) is 3. The van der Waals surface area contributed by atoms with Crippen molar-refractivity contribution in [1.82, 2.24) is 9.97 Å².